The number of benzene rings is 4. The van der Waals surface area contributed by atoms with Crippen molar-refractivity contribution in [2.75, 3.05) is 44.4 Å². The molecule has 0 saturated carbocycles. The molecule has 1 aliphatic rings. The van der Waals surface area contributed by atoms with Crippen molar-refractivity contribution >= 4 is 28.9 Å². The zero-order valence-electron chi connectivity index (χ0n) is 24.2. The topological polar surface area (TPSA) is 42.0 Å². The summed E-state index contributed by atoms with van der Waals surface area (Å²) in [5.74, 6) is 0.775. The molecule has 0 bridgehead atoms. The second kappa shape index (κ2) is 14.6. The number of ether oxygens (including phenoxy) is 2. The molecule has 4 aromatic rings. The van der Waals surface area contributed by atoms with Crippen LogP contribution in [0.25, 0.3) is 0 Å². The summed E-state index contributed by atoms with van der Waals surface area (Å²) in [5, 5.41) is -0.275. The highest BCUT2D eigenvalue weighted by Gasteiger charge is 2.34. The van der Waals surface area contributed by atoms with E-state index in [0.717, 1.165) is 28.6 Å². The minimum atomic E-state index is -4.53. The zero-order valence-corrected chi connectivity index (χ0v) is 25.0. The fourth-order valence-electron chi connectivity index (χ4n) is 5.32. The molecule has 1 saturated heterocycles. The molecule has 9 heteroatoms. The molecule has 0 atom stereocenters. The Morgan fingerprint density at radius 3 is 2.36 bits per heavy atom. The average Bonchev–Trinajstić information content (AvgIpc) is 3.03. The number of carbonyl (C=O) groups is 1. The summed E-state index contributed by atoms with van der Waals surface area (Å²) >= 11 is 6.26. The molecule has 5 nitrogen and oxygen atoms in total. The maximum absolute atomic E-state index is 13.5. The van der Waals surface area contributed by atoms with E-state index in [9.17, 15) is 18.0 Å². The summed E-state index contributed by atoms with van der Waals surface area (Å²) in [6.07, 6.45) is -3.30. The summed E-state index contributed by atoms with van der Waals surface area (Å²) in [4.78, 5) is 16.7. The molecule has 1 amide bonds. The van der Waals surface area contributed by atoms with Crippen molar-refractivity contribution in [2.45, 2.75) is 25.4 Å². The Morgan fingerprint density at radius 1 is 0.886 bits per heavy atom. The standard InChI is InChI=1S/C35H34ClF3N2O3/c36-34-28(11-7-15-31(34)35(37,38)39)25-27-10-4-5-16-32(27)41(29-12-2-1-3-13-29)17-8-20-44-30-14-6-9-26(23-30)24-33(42)40-18-21-43-22-19-40/h1-7,9-16,23H,8,17-22,24-25H2. The molecule has 0 N–H and O–H groups in total. The van der Waals surface area contributed by atoms with Crippen LogP contribution in [0.1, 0.15) is 28.7 Å². The maximum Gasteiger partial charge on any atom is 0.417 e. The third-order valence-electron chi connectivity index (χ3n) is 7.53. The molecule has 0 spiro atoms. The number of hydrogen-bond donors (Lipinski definition) is 0. The number of carbonyl (C=O) groups excluding carboxylic acids is 1. The molecule has 0 aromatic heterocycles. The Morgan fingerprint density at radius 2 is 1.59 bits per heavy atom. The van der Waals surface area contributed by atoms with E-state index in [0.29, 0.717) is 63.6 Å². The molecule has 1 fully saturated rings. The number of anilines is 2. The molecule has 5 rings (SSSR count). The minimum Gasteiger partial charge on any atom is -0.494 e. The maximum atomic E-state index is 13.5. The van der Waals surface area contributed by atoms with Crippen LogP contribution in [0.5, 0.6) is 5.75 Å². The van der Waals surface area contributed by atoms with Crippen LogP contribution in [-0.2, 0) is 28.5 Å². The van der Waals surface area contributed by atoms with Crippen LogP contribution in [0.3, 0.4) is 0 Å². The van der Waals surface area contributed by atoms with Gasteiger partial charge in [-0.05, 0) is 59.5 Å². The zero-order chi connectivity index (χ0) is 30.9. The van der Waals surface area contributed by atoms with Crippen LogP contribution >= 0.6 is 11.6 Å². The molecule has 0 radical (unpaired) electrons. The third-order valence-corrected chi connectivity index (χ3v) is 7.97. The number of halogens is 4. The first kappa shape index (κ1) is 31.4. The second-order valence-electron chi connectivity index (χ2n) is 10.6. The highest BCUT2D eigenvalue weighted by Crippen LogP contribution is 2.38. The van der Waals surface area contributed by atoms with Gasteiger partial charge < -0.3 is 19.3 Å². The molecule has 1 heterocycles. The van der Waals surface area contributed by atoms with Crippen LogP contribution < -0.4 is 9.64 Å². The van der Waals surface area contributed by atoms with Gasteiger partial charge in [-0.1, -0.05) is 72.3 Å². The van der Waals surface area contributed by atoms with Crippen molar-refractivity contribution < 1.29 is 27.4 Å². The highest BCUT2D eigenvalue weighted by molar-refractivity contribution is 6.32. The highest BCUT2D eigenvalue weighted by atomic mass is 35.5. The third kappa shape index (κ3) is 8.12. The minimum absolute atomic E-state index is 0.0778. The van der Waals surface area contributed by atoms with E-state index < -0.39 is 11.7 Å². The van der Waals surface area contributed by atoms with Crippen molar-refractivity contribution in [3.63, 3.8) is 0 Å². The van der Waals surface area contributed by atoms with Crippen LogP contribution in [0.4, 0.5) is 24.5 Å². The molecule has 4 aromatic carbocycles. The lowest BCUT2D eigenvalue weighted by atomic mass is 10.00. The van der Waals surface area contributed by atoms with Gasteiger partial charge in [-0.3, -0.25) is 4.79 Å². The van der Waals surface area contributed by atoms with Gasteiger partial charge in [0.15, 0.2) is 0 Å². The van der Waals surface area contributed by atoms with Crippen LogP contribution in [0.15, 0.2) is 97.1 Å². The fourth-order valence-corrected chi connectivity index (χ4v) is 5.62. The summed E-state index contributed by atoms with van der Waals surface area (Å²) in [6.45, 7) is 3.40. The quantitative estimate of drug-likeness (QED) is 0.159. The van der Waals surface area contributed by atoms with Gasteiger partial charge in [0.25, 0.3) is 0 Å². The fraction of sp³-hybridized carbons (Fsp3) is 0.286. The van der Waals surface area contributed by atoms with Gasteiger partial charge in [-0.25, -0.2) is 0 Å². The van der Waals surface area contributed by atoms with Crippen molar-refractivity contribution in [2.24, 2.45) is 0 Å². The summed E-state index contributed by atoms with van der Waals surface area (Å²) in [7, 11) is 0. The molecule has 230 valence electrons. The monoisotopic (exact) mass is 622 g/mol. The molecule has 44 heavy (non-hydrogen) atoms. The van der Waals surface area contributed by atoms with Gasteiger partial charge in [0.05, 0.1) is 36.8 Å². The lowest BCUT2D eigenvalue weighted by molar-refractivity contribution is -0.137. The summed E-state index contributed by atoms with van der Waals surface area (Å²) in [5.41, 5.74) is 3.18. The van der Waals surface area contributed by atoms with Crippen molar-refractivity contribution in [1.29, 1.82) is 0 Å². The molecular formula is C35H34ClF3N2O3. The second-order valence-corrected chi connectivity index (χ2v) is 11.0. The van der Waals surface area contributed by atoms with E-state index in [-0.39, 0.29) is 17.4 Å². The Labute approximate surface area is 260 Å². The van der Waals surface area contributed by atoms with E-state index in [1.54, 1.807) is 6.07 Å². The summed E-state index contributed by atoms with van der Waals surface area (Å²) < 4.78 is 52.0. The number of nitrogens with zero attached hydrogens (tertiary/aromatic N) is 2. The largest absolute Gasteiger partial charge is 0.494 e. The van der Waals surface area contributed by atoms with E-state index >= 15 is 0 Å². The van der Waals surface area contributed by atoms with Crippen molar-refractivity contribution in [1.82, 2.24) is 4.90 Å². The van der Waals surface area contributed by atoms with E-state index in [2.05, 4.69) is 4.90 Å². The van der Waals surface area contributed by atoms with Crippen LogP contribution in [0, 0.1) is 0 Å². The number of morpholine rings is 1. The Balaban J connectivity index is 1.28. The smallest absolute Gasteiger partial charge is 0.417 e. The van der Waals surface area contributed by atoms with Gasteiger partial charge >= 0.3 is 6.18 Å². The summed E-state index contributed by atoms with van der Waals surface area (Å²) in [6, 6.07) is 29.2. The first-order valence-corrected chi connectivity index (χ1v) is 15.0. The molecule has 1 aliphatic heterocycles. The number of hydrogen-bond acceptors (Lipinski definition) is 4. The van der Waals surface area contributed by atoms with Gasteiger partial charge in [0.1, 0.15) is 5.75 Å². The number of para-hydroxylation sites is 2. The normalized spacial score (nSPS) is 13.5. The first-order valence-electron chi connectivity index (χ1n) is 14.6. The van der Waals surface area contributed by atoms with Gasteiger partial charge in [0, 0.05) is 37.4 Å². The molecule has 0 aliphatic carbocycles. The number of rotatable bonds is 11. The van der Waals surface area contributed by atoms with E-state index in [4.69, 9.17) is 21.1 Å². The van der Waals surface area contributed by atoms with Crippen LogP contribution in [0.2, 0.25) is 5.02 Å². The van der Waals surface area contributed by atoms with Gasteiger partial charge in [-0.2, -0.15) is 13.2 Å². The van der Waals surface area contributed by atoms with Crippen molar-refractivity contribution in [3.05, 3.63) is 124 Å². The predicted molar refractivity (Wildman–Crippen MR) is 167 cm³/mol. The molecule has 0 unspecified atom stereocenters. The first-order chi connectivity index (χ1) is 21.3. The lowest BCUT2D eigenvalue weighted by Crippen LogP contribution is -2.41. The predicted octanol–water partition coefficient (Wildman–Crippen LogP) is 7.96. The Bertz CT molecular complexity index is 1540. The van der Waals surface area contributed by atoms with Crippen LogP contribution in [-0.4, -0.2) is 50.3 Å². The Hall–Kier alpha value is -4.01. The average molecular weight is 623 g/mol. The Kier molecular flexibility index (Phi) is 10.5. The lowest BCUT2D eigenvalue weighted by Gasteiger charge is -2.28. The number of alkyl halides is 3. The van der Waals surface area contributed by atoms with Gasteiger partial charge in [0.2, 0.25) is 5.91 Å². The van der Waals surface area contributed by atoms with E-state index in [1.807, 2.05) is 83.8 Å². The SMILES string of the molecule is O=C(Cc1cccc(OCCCN(c2ccccc2)c2ccccc2Cc2cccc(C(F)(F)F)c2Cl)c1)N1CCOCC1. The number of amides is 1. The van der Waals surface area contributed by atoms with Crippen molar-refractivity contribution in [3.8, 4) is 5.75 Å². The molecular weight excluding hydrogens is 589 g/mol. The van der Waals surface area contributed by atoms with E-state index in [1.165, 1.54) is 6.07 Å². The van der Waals surface area contributed by atoms with Gasteiger partial charge in [-0.15, -0.1) is 0 Å².